The van der Waals surface area contributed by atoms with E-state index in [1.165, 1.54) is 29.6 Å². The van der Waals surface area contributed by atoms with Gasteiger partial charge in [0.15, 0.2) is 0 Å². The summed E-state index contributed by atoms with van der Waals surface area (Å²) in [7, 11) is -2.64. The molecule has 33 heavy (non-hydrogen) atoms. The molecule has 1 amide bonds. The van der Waals surface area contributed by atoms with E-state index in [0.717, 1.165) is 12.1 Å². The molecule has 0 aromatic heterocycles. The number of hydrogen-bond donors (Lipinski definition) is 1. The summed E-state index contributed by atoms with van der Waals surface area (Å²) in [6.45, 7) is 1.77. The van der Waals surface area contributed by atoms with Gasteiger partial charge in [0, 0.05) is 11.6 Å². The molecular weight excluding hydrogens is 447 g/mol. The maximum Gasteiger partial charge on any atom is 0.339 e. The molecule has 3 aromatic rings. The number of ether oxygens (including phenoxy) is 1. The van der Waals surface area contributed by atoms with Gasteiger partial charge in [-0.2, -0.15) is 0 Å². The van der Waals surface area contributed by atoms with E-state index in [1.807, 2.05) is 0 Å². The average Bonchev–Trinajstić information content (AvgIpc) is 3.14. The zero-order chi connectivity index (χ0) is 23.8. The van der Waals surface area contributed by atoms with Crippen LogP contribution in [0.25, 0.3) is 0 Å². The molecule has 1 atom stereocenters. The second-order valence-electron chi connectivity index (χ2n) is 7.64. The molecular formula is C24H21FN2O5S. The fourth-order valence-electron chi connectivity index (χ4n) is 3.90. The van der Waals surface area contributed by atoms with Gasteiger partial charge in [0.25, 0.3) is 15.9 Å². The maximum atomic E-state index is 13.3. The summed E-state index contributed by atoms with van der Waals surface area (Å²) < 4.78 is 45.7. The first kappa shape index (κ1) is 22.5. The Balaban J connectivity index is 1.63. The van der Waals surface area contributed by atoms with Gasteiger partial charge in [-0.15, -0.1) is 0 Å². The van der Waals surface area contributed by atoms with E-state index in [4.69, 9.17) is 4.74 Å². The summed E-state index contributed by atoms with van der Waals surface area (Å²) in [6, 6.07) is 15.5. The third-order valence-electron chi connectivity index (χ3n) is 5.45. The highest BCUT2D eigenvalue weighted by Gasteiger charge is 2.36. The van der Waals surface area contributed by atoms with Crippen LogP contribution >= 0.6 is 0 Å². The van der Waals surface area contributed by atoms with Gasteiger partial charge in [0.05, 0.1) is 28.9 Å². The number of sulfonamides is 1. The van der Waals surface area contributed by atoms with Gasteiger partial charge in [-0.25, -0.2) is 17.6 Å². The number of halogens is 1. The van der Waals surface area contributed by atoms with Gasteiger partial charge in [-0.3, -0.25) is 9.10 Å². The number of carbonyl (C=O) groups is 2. The Morgan fingerprint density at radius 3 is 2.45 bits per heavy atom. The molecule has 1 aliphatic heterocycles. The van der Waals surface area contributed by atoms with Gasteiger partial charge in [0.1, 0.15) is 5.82 Å². The van der Waals surface area contributed by atoms with E-state index in [9.17, 15) is 22.4 Å². The summed E-state index contributed by atoms with van der Waals surface area (Å²) in [4.78, 5) is 24.8. The number of fused-ring (bicyclic) bond motifs is 1. The van der Waals surface area contributed by atoms with Crippen LogP contribution < -0.4 is 9.62 Å². The summed E-state index contributed by atoms with van der Waals surface area (Å²) in [5.41, 5.74) is 2.02. The van der Waals surface area contributed by atoms with Crippen molar-refractivity contribution in [3.8, 4) is 0 Å². The number of rotatable bonds is 5. The van der Waals surface area contributed by atoms with Crippen LogP contribution in [0.5, 0.6) is 0 Å². The lowest BCUT2D eigenvalue weighted by Crippen LogP contribution is -2.35. The third-order valence-corrected chi connectivity index (χ3v) is 7.39. The molecule has 3 aromatic carbocycles. The number of anilines is 2. The number of esters is 1. The Hall–Kier alpha value is -3.72. The normalized spacial score (nSPS) is 15.1. The molecule has 1 N–H and O–H groups in total. The highest BCUT2D eigenvalue weighted by molar-refractivity contribution is 7.92. The predicted octanol–water partition coefficient (Wildman–Crippen LogP) is 4.00. The second-order valence-corrected chi connectivity index (χ2v) is 9.46. The minimum absolute atomic E-state index is 0.00941. The lowest BCUT2D eigenvalue weighted by molar-refractivity contribution is 0.0602. The van der Waals surface area contributed by atoms with Crippen LogP contribution in [0, 0.1) is 5.82 Å². The van der Waals surface area contributed by atoms with Crippen LogP contribution in [0.3, 0.4) is 0 Å². The van der Waals surface area contributed by atoms with E-state index in [0.29, 0.717) is 28.9 Å². The smallest absolute Gasteiger partial charge is 0.339 e. The van der Waals surface area contributed by atoms with E-state index < -0.39 is 27.7 Å². The monoisotopic (exact) mass is 468 g/mol. The van der Waals surface area contributed by atoms with Crippen LogP contribution in [0.2, 0.25) is 0 Å². The molecule has 1 aliphatic rings. The number of amides is 1. The zero-order valence-corrected chi connectivity index (χ0v) is 18.7. The lowest BCUT2D eigenvalue weighted by atomic mass is 10.1. The Kier molecular flexibility index (Phi) is 5.90. The molecule has 7 nitrogen and oxygen atoms in total. The van der Waals surface area contributed by atoms with Crippen LogP contribution in [0.4, 0.5) is 15.8 Å². The van der Waals surface area contributed by atoms with Crippen molar-refractivity contribution in [3.05, 3.63) is 89.2 Å². The largest absolute Gasteiger partial charge is 0.465 e. The SMILES string of the molecule is COC(=O)c1ccccc1NC(=O)c1ccc2c(c1)C[C@@H](C)N2S(=O)(=O)c1ccc(F)cc1. The van der Waals surface area contributed by atoms with Crippen molar-refractivity contribution in [2.75, 3.05) is 16.7 Å². The Morgan fingerprint density at radius 1 is 1.06 bits per heavy atom. The summed E-state index contributed by atoms with van der Waals surface area (Å²) >= 11 is 0. The standard InChI is InChI=1S/C24H21FN2O5S/c1-15-13-17-14-16(23(28)26-21-6-4-3-5-20(21)24(29)32-2)7-12-22(17)27(15)33(30,31)19-10-8-18(25)9-11-19/h3-12,14-15H,13H2,1-2H3,(H,26,28)/t15-/m1/s1. The molecule has 0 saturated carbocycles. The van der Waals surface area contributed by atoms with Crippen molar-refractivity contribution in [2.24, 2.45) is 0 Å². The highest BCUT2D eigenvalue weighted by atomic mass is 32.2. The molecule has 9 heteroatoms. The van der Waals surface area contributed by atoms with Crippen molar-refractivity contribution < 1.29 is 27.1 Å². The molecule has 0 fully saturated rings. The topological polar surface area (TPSA) is 92.8 Å². The fraction of sp³-hybridized carbons (Fsp3) is 0.167. The zero-order valence-electron chi connectivity index (χ0n) is 17.9. The molecule has 4 rings (SSSR count). The van der Waals surface area contributed by atoms with Gasteiger partial charge in [0.2, 0.25) is 0 Å². The molecule has 170 valence electrons. The van der Waals surface area contributed by atoms with Gasteiger partial charge < -0.3 is 10.1 Å². The first-order valence-corrected chi connectivity index (χ1v) is 11.6. The third kappa shape index (κ3) is 4.19. The molecule has 0 bridgehead atoms. The van der Waals surface area contributed by atoms with Crippen molar-refractivity contribution in [1.29, 1.82) is 0 Å². The minimum Gasteiger partial charge on any atom is -0.465 e. The predicted molar refractivity (Wildman–Crippen MR) is 121 cm³/mol. The fourth-order valence-corrected chi connectivity index (χ4v) is 5.60. The van der Waals surface area contributed by atoms with Gasteiger partial charge in [-0.1, -0.05) is 12.1 Å². The van der Waals surface area contributed by atoms with E-state index in [-0.39, 0.29) is 16.5 Å². The quantitative estimate of drug-likeness (QED) is 0.572. The number of benzene rings is 3. The van der Waals surface area contributed by atoms with Crippen LogP contribution in [-0.4, -0.2) is 33.4 Å². The number of hydrogen-bond acceptors (Lipinski definition) is 5. The van der Waals surface area contributed by atoms with Crippen LogP contribution in [-0.2, 0) is 21.2 Å². The molecule has 1 heterocycles. The van der Waals surface area contributed by atoms with Crippen LogP contribution in [0.15, 0.2) is 71.6 Å². The first-order valence-electron chi connectivity index (χ1n) is 10.1. The lowest BCUT2D eigenvalue weighted by Gasteiger charge is -2.24. The summed E-state index contributed by atoms with van der Waals surface area (Å²) in [6.07, 6.45) is 0.412. The van der Waals surface area contributed by atoms with Gasteiger partial charge >= 0.3 is 5.97 Å². The Bertz CT molecular complexity index is 1340. The van der Waals surface area contributed by atoms with Crippen molar-refractivity contribution >= 4 is 33.3 Å². The van der Waals surface area contributed by atoms with Crippen molar-refractivity contribution in [2.45, 2.75) is 24.3 Å². The van der Waals surface area contributed by atoms with E-state index in [2.05, 4.69) is 5.32 Å². The summed E-state index contributed by atoms with van der Waals surface area (Å²) in [5.74, 6) is -1.54. The second kappa shape index (κ2) is 8.67. The maximum absolute atomic E-state index is 13.3. The minimum atomic E-state index is -3.90. The Labute approximate surface area is 190 Å². The van der Waals surface area contributed by atoms with Crippen molar-refractivity contribution in [3.63, 3.8) is 0 Å². The molecule has 0 saturated heterocycles. The number of nitrogens with one attached hydrogen (secondary N) is 1. The summed E-state index contributed by atoms with van der Waals surface area (Å²) in [5, 5.41) is 2.71. The van der Waals surface area contributed by atoms with E-state index >= 15 is 0 Å². The molecule has 0 spiro atoms. The number of para-hydroxylation sites is 1. The van der Waals surface area contributed by atoms with Crippen molar-refractivity contribution in [1.82, 2.24) is 0 Å². The Morgan fingerprint density at radius 2 is 1.76 bits per heavy atom. The number of nitrogens with zero attached hydrogens (tertiary/aromatic N) is 1. The highest BCUT2D eigenvalue weighted by Crippen LogP contribution is 2.37. The molecule has 0 radical (unpaired) electrons. The number of methoxy groups -OCH3 is 1. The average molecular weight is 469 g/mol. The van der Waals surface area contributed by atoms with Gasteiger partial charge in [-0.05, 0) is 73.5 Å². The first-order chi connectivity index (χ1) is 15.7. The molecule has 0 unspecified atom stereocenters. The van der Waals surface area contributed by atoms with E-state index in [1.54, 1.807) is 43.3 Å². The number of carbonyl (C=O) groups excluding carboxylic acids is 2. The van der Waals surface area contributed by atoms with Crippen LogP contribution in [0.1, 0.15) is 33.2 Å². The molecule has 0 aliphatic carbocycles.